The molecule has 4 nitrogen and oxygen atoms in total. The van der Waals surface area contributed by atoms with Gasteiger partial charge in [-0.1, -0.05) is 34.1 Å². The maximum atomic E-state index is 11.1. The molecule has 0 fully saturated rings. The maximum absolute atomic E-state index is 11.1. The maximum Gasteiger partial charge on any atom is 0.275 e. The van der Waals surface area contributed by atoms with Crippen LogP contribution in [0.3, 0.4) is 0 Å². The number of benzene rings is 2. The number of nitro groups is 1. The third kappa shape index (κ3) is 2.32. The number of hydrogen-bond acceptors (Lipinski definition) is 2. The molecule has 0 aliphatic heterocycles. The highest BCUT2D eigenvalue weighted by Gasteiger charge is 2.14. The highest BCUT2D eigenvalue weighted by Crippen LogP contribution is 2.25. The van der Waals surface area contributed by atoms with Crippen LogP contribution in [0.4, 0.5) is 5.69 Å². The molecule has 100 valence electrons. The smallest absolute Gasteiger partial charge is 0.275 e. The molecule has 0 saturated heterocycles. The standard InChI is InChI=1S/C15H11BrN2O2/c16-13-6-5-12(15(9-13)18(19)20)10-17-8-7-11-3-1-2-4-14(11)17/h1-9H,10H2. The van der Waals surface area contributed by atoms with Gasteiger partial charge in [-0.2, -0.15) is 0 Å². The molecule has 5 heteroatoms. The first kappa shape index (κ1) is 12.9. The van der Waals surface area contributed by atoms with E-state index in [0.29, 0.717) is 16.6 Å². The zero-order valence-corrected chi connectivity index (χ0v) is 12.1. The molecule has 0 bridgehead atoms. The molecule has 3 aromatic rings. The summed E-state index contributed by atoms with van der Waals surface area (Å²) >= 11 is 3.27. The number of fused-ring (bicyclic) bond motifs is 1. The summed E-state index contributed by atoms with van der Waals surface area (Å²) in [4.78, 5) is 10.8. The molecule has 0 atom stereocenters. The Hall–Kier alpha value is -2.14. The highest BCUT2D eigenvalue weighted by atomic mass is 79.9. The van der Waals surface area contributed by atoms with Crippen LogP contribution in [0, 0.1) is 10.1 Å². The fourth-order valence-electron chi connectivity index (χ4n) is 2.30. The van der Waals surface area contributed by atoms with Gasteiger partial charge in [0.1, 0.15) is 0 Å². The van der Waals surface area contributed by atoms with Crippen molar-refractivity contribution in [1.82, 2.24) is 4.57 Å². The second-order valence-corrected chi connectivity index (χ2v) is 5.45. The van der Waals surface area contributed by atoms with Gasteiger partial charge in [-0.25, -0.2) is 0 Å². The van der Waals surface area contributed by atoms with E-state index in [1.54, 1.807) is 12.1 Å². The Morgan fingerprint density at radius 3 is 2.75 bits per heavy atom. The quantitative estimate of drug-likeness (QED) is 0.529. The Morgan fingerprint density at radius 1 is 1.15 bits per heavy atom. The molecule has 2 aromatic carbocycles. The van der Waals surface area contributed by atoms with Gasteiger partial charge in [0.25, 0.3) is 5.69 Å². The number of nitrogens with zero attached hydrogens (tertiary/aromatic N) is 2. The summed E-state index contributed by atoms with van der Waals surface area (Å²) in [6, 6.07) is 15.2. The average molecular weight is 331 g/mol. The highest BCUT2D eigenvalue weighted by molar-refractivity contribution is 9.10. The lowest BCUT2D eigenvalue weighted by atomic mass is 10.2. The summed E-state index contributed by atoms with van der Waals surface area (Å²) in [5.41, 5.74) is 1.90. The van der Waals surface area contributed by atoms with E-state index in [4.69, 9.17) is 0 Å². The zero-order chi connectivity index (χ0) is 14.1. The van der Waals surface area contributed by atoms with Crippen LogP contribution in [-0.2, 0) is 6.54 Å². The summed E-state index contributed by atoms with van der Waals surface area (Å²) in [5.74, 6) is 0. The van der Waals surface area contributed by atoms with Crippen molar-refractivity contribution in [3.8, 4) is 0 Å². The van der Waals surface area contributed by atoms with Crippen LogP contribution in [0.1, 0.15) is 5.56 Å². The normalized spacial score (nSPS) is 10.8. The number of halogens is 1. The Morgan fingerprint density at radius 2 is 1.95 bits per heavy atom. The minimum atomic E-state index is -0.341. The van der Waals surface area contributed by atoms with Crippen molar-refractivity contribution >= 4 is 32.5 Å². The van der Waals surface area contributed by atoms with E-state index < -0.39 is 0 Å². The molecule has 0 radical (unpaired) electrons. The van der Waals surface area contributed by atoms with E-state index >= 15 is 0 Å². The first-order valence-corrected chi connectivity index (χ1v) is 6.91. The molecule has 0 N–H and O–H groups in total. The lowest BCUT2D eigenvalue weighted by Gasteiger charge is -2.07. The molecular weight excluding hydrogens is 320 g/mol. The Bertz CT molecular complexity index is 795. The summed E-state index contributed by atoms with van der Waals surface area (Å²) in [7, 11) is 0. The van der Waals surface area contributed by atoms with E-state index in [-0.39, 0.29) is 10.6 Å². The molecule has 1 aromatic heterocycles. The van der Waals surface area contributed by atoms with Gasteiger partial charge in [-0.3, -0.25) is 10.1 Å². The van der Waals surface area contributed by atoms with Gasteiger partial charge >= 0.3 is 0 Å². The van der Waals surface area contributed by atoms with Gasteiger partial charge in [0, 0.05) is 27.8 Å². The first-order valence-electron chi connectivity index (χ1n) is 6.12. The second-order valence-electron chi connectivity index (χ2n) is 4.53. The van der Waals surface area contributed by atoms with Crippen molar-refractivity contribution in [3.05, 3.63) is 74.9 Å². The molecular formula is C15H11BrN2O2. The summed E-state index contributed by atoms with van der Waals surface area (Å²) in [5, 5.41) is 12.3. The van der Waals surface area contributed by atoms with Crippen molar-refractivity contribution in [2.75, 3.05) is 0 Å². The molecule has 0 spiro atoms. The Labute approximate surface area is 123 Å². The molecule has 0 amide bonds. The Kier molecular flexibility index (Phi) is 3.28. The SMILES string of the molecule is O=[N+]([O-])c1cc(Br)ccc1Cn1ccc2ccccc21. The van der Waals surface area contributed by atoms with E-state index in [0.717, 1.165) is 10.9 Å². The lowest BCUT2D eigenvalue weighted by molar-refractivity contribution is -0.385. The summed E-state index contributed by atoms with van der Waals surface area (Å²) < 4.78 is 2.73. The van der Waals surface area contributed by atoms with Crippen molar-refractivity contribution in [2.24, 2.45) is 0 Å². The third-order valence-corrected chi connectivity index (χ3v) is 3.76. The van der Waals surface area contributed by atoms with Gasteiger partial charge in [0.15, 0.2) is 0 Å². The van der Waals surface area contributed by atoms with Crippen LogP contribution >= 0.6 is 15.9 Å². The first-order chi connectivity index (χ1) is 9.65. The number of para-hydroxylation sites is 1. The number of hydrogen-bond donors (Lipinski definition) is 0. The average Bonchev–Trinajstić information content (AvgIpc) is 2.84. The second kappa shape index (κ2) is 5.09. The van der Waals surface area contributed by atoms with Gasteiger partial charge in [-0.05, 0) is 29.7 Å². The predicted octanol–water partition coefficient (Wildman–Crippen LogP) is 4.36. The van der Waals surface area contributed by atoms with Gasteiger partial charge in [-0.15, -0.1) is 0 Å². The molecule has 0 saturated carbocycles. The molecule has 3 rings (SSSR count). The van der Waals surface area contributed by atoms with Gasteiger partial charge in [0.05, 0.1) is 11.5 Å². The van der Waals surface area contributed by atoms with Crippen molar-refractivity contribution in [1.29, 1.82) is 0 Å². The topological polar surface area (TPSA) is 48.1 Å². The molecule has 0 aliphatic carbocycles. The lowest BCUT2D eigenvalue weighted by Crippen LogP contribution is -2.02. The van der Waals surface area contributed by atoms with E-state index in [1.165, 1.54) is 0 Å². The van der Waals surface area contributed by atoms with Crippen molar-refractivity contribution in [2.45, 2.75) is 6.54 Å². The largest absolute Gasteiger partial charge is 0.343 e. The number of nitro benzene ring substituents is 1. The van der Waals surface area contributed by atoms with Crippen LogP contribution < -0.4 is 0 Å². The fourth-order valence-corrected chi connectivity index (χ4v) is 2.65. The van der Waals surface area contributed by atoms with Gasteiger partial charge < -0.3 is 4.57 Å². The van der Waals surface area contributed by atoms with Crippen LogP contribution in [0.15, 0.2) is 59.2 Å². The molecule has 0 aliphatic rings. The number of aromatic nitrogens is 1. The Balaban J connectivity index is 2.05. The molecule has 20 heavy (non-hydrogen) atoms. The minimum absolute atomic E-state index is 0.136. The fraction of sp³-hybridized carbons (Fsp3) is 0.0667. The van der Waals surface area contributed by atoms with Gasteiger partial charge in [0.2, 0.25) is 0 Å². The zero-order valence-electron chi connectivity index (χ0n) is 10.5. The van der Waals surface area contributed by atoms with Crippen molar-refractivity contribution < 1.29 is 4.92 Å². The number of rotatable bonds is 3. The van der Waals surface area contributed by atoms with E-state index in [1.807, 2.05) is 47.2 Å². The van der Waals surface area contributed by atoms with Crippen LogP contribution in [0.2, 0.25) is 0 Å². The predicted molar refractivity (Wildman–Crippen MR) is 81.8 cm³/mol. The van der Waals surface area contributed by atoms with E-state index in [2.05, 4.69) is 15.9 Å². The summed E-state index contributed by atoms with van der Waals surface area (Å²) in [6.45, 7) is 0.483. The van der Waals surface area contributed by atoms with Crippen LogP contribution in [0.5, 0.6) is 0 Å². The van der Waals surface area contributed by atoms with Crippen LogP contribution in [-0.4, -0.2) is 9.49 Å². The minimum Gasteiger partial charge on any atom is -0.343 e. The van der Waals surface area contributed by atoms with E-state index in [9.17, 15) is 10.1 Å². The van der Waals surface area contributed by atoms with Crippen LogP contribution in [0.25, 0.3) is 10.9 Å². The monoisotopic (exact) mass is 330 g/mol. The third-order valence-electron chi connectivity index (χ3n) is 3.26. The molecule has 0 unspecified atom stereocenters. The van der Waals surface area contributed by atoms with Crippen molar-refractivity contribution in [3.63, 3.8) is 0 Å². The molecule has 1 heterocycles. The summed E-state index contributed by atoms with van der Waals surface area (Å²) in [6.07, 6.45) is 1.95.